The first kappa shape index (κ1) is 15.8. The van der Waals surface area contributed by atoms with Gasteiger partial charge in [0.25, 0.3) is 5.65 Å². The molecule has 0 aliphatic heterocycles. The molecule has 0 unspecified atom stereocenters. The Balaban J connectivity index is 2.44. The van der Waals surface area contributed by atoms with E-state index in [1.54, 1.807) is 0 Å². The van der Waals surface area contributed by atoms with Gasteiger partial charge < -0.3 is 4.18 Å². The van der Waals surface area contributed by atoms with E-state index < -0.39 is 43.0 Å². The molecule has 0 radical (unpaired) electrons. The highest BCUT2D eigenvalue weighted by atomic mass is 32.2. The number of aromatic nitrogens is 5. The van der Waals surface area contributed by atoms with Gasteiger partial charge in [-0.25, -0.2) is 4.98 Å². The van der Waals surface area contributed by atoms with Gasteiger partial charge in [-0.15, -0.1) is 5.10 Å². The molecule has 0 aliphatic carbocycles. The molecule has 0 saturated carbocycles. The van der Waals surface area contributed by atoms with Crippen molar-refractivity contribution in [3.63, 3.8) is 0 Å². The van der Waals surface area contributed by atoms with Crippen molar-refractivity contribution in [2.75, 3.05) is 0 Å². The van der Waals surface area contributed by atoms with Crippen LogP contribution in [-0.4, -0.2) is 43.9 Å². The van der Waals surface area contributed by atoms with Gasteiger partial charge in [-0.05, 0) is 22.6 Å². The number of fused-ring (bicyclic) bond motifs is 3. The molecule has 3 heterocycles. The van der Waals surface area contributed by atoms with E-state index in [0.717, 1.165) is 10.6 Å². The molecule has 15 heteroatoms. The third kappa shape index (κ3) is 2.25. The lowest BCUT2D eigenvalue weighted by Gasteiger charge is -2.11. The molecular weight excluding hydrogens is 361 g/mol. The number of nitrogens with zero attached hydrogens (tertiary/aromatic N) is 6. The van der Waals surface area contributed by atoms with Crippen LogP contribution in [0.3, 0.4) is 0 Å². The Labute approximate surface area is 128 Å². The fourth-order valence-electron chi connectivity index (χ4n) is 1.86. The average Bonchev–Trinajstić information content (AvgIpc) is 2.94. The minimum atomic E-state index is -6.16. The van der Waals surface area contributed by atoms with E-state index in [1.165, 1.54) is 12.3 Å². The van der Waals surface area contributed by atoms with Gasteiger partial charge >= 0.3 is 21.3 Å². The summed E-state index contributed by atoms with van der Waals surface area (Å²) in [5.74, 6) is -1.18. The van der Waals surface area contributed by atoms with Crippen LogP contribution >= 0.6 is 0 Å². The Bertz CT molecular complexity index is 1080. The van der Waals surface area contributed by atoms with Crippen LogP contribution in [0.5, 0.6) is 5.75 Å². The molecule has 0 atom stereocenters. The van der Waals surface area contributed by atoms with Crippen molar-refractivity contribution in [3.05, 3.63) is 28.4 Å². The van der Waals surface area contributed by atoms with Crippen molar-refractivity contribution in [2.45, 2.75) is 5.51 Å². The maximum atomic E-state index is 12.6. The molecule has 0 aliphatic rings. The summed E-state index contributed by atoms with van der Waals surface area (Å²) in [5, 5.41) is 20.8. The summed E-state index contributed by atoms with van der Waals surface area (Å²) in [6.45, 7) is 0. The summed E-state index contributed by atoms with van der Waals surface area (Å²) >= 11 is 0. The molecule has 3 rings (SSSR count). The highest BCUT2D eigenvalue weighted by molar-refractivity contribution is 7.88. The minimum Gasteiger partial charge on any atom is -0.368 e. The minimum absolute atomic E-state index is 0.226. The lowest BCUT2D eigenvalue weighted by atomic mass is 10.2. The summed E-state index contributed by atoms with van der Waals surface area (Å²) in [6, 6.07) is 2.30. The highest BCUT2D eigenvalue weighted by Crippen LogP contribution is 2.40. The Hall–Kier alpha value is -3.10. The van der Waals surface area contributed by atoms with Gasteiger partial charge in [0.15, 0.2) is 5.65 Å². The van der Waals surface area contributed by atoms with Gasteiger partial charge in [0, 0.05) is 6.20 Å². The molecule has 3 aromatic heterocycles. The third-order valence-corrected chi connectivity index (χ3v) is 3.74. The van der Waals surface area contributed by atoms with Crippen LogP contribution < -0.4 is 4.18 Å². The molecule has 0 spiro atoms. The van der Waals surface area contributed by atoms with Crippen molar-refractivity contribution in [1.82, 2.24) is 25.0 Å². The molecule has 0 N–H and O–H groups in total. The second-order valence-corrected chi connectivity index (χ2v) is 5.74. The van der Waals surface area contributed by atoms with Crippen molar-refractivity contribution >= 4 is 32.5 Å². The predicted octanol–water partition coefficient (Wildman–Crippen LogP) is 0.809. The number of halogens is 3. The Kier molecular flexibility index (Phi) is 3.25. The molecule has 24 heavy (non-hydrogen) atoms. The summed E-state index contributed by atoms with van der Waals surface area (Å²) in [6.07, 6.45) is 1.21. The Morgan fingerprint density at radius 3 is 2.62 bits per heavy atom. The SMILES string of the molecule is O=[N+]([O-])c1c(OS(=O)(=O)C(F)(F)F)c2cccnc2n2nnnc12. The van der Waals surface area contributed by atoms with E-state index in [2.05, 4.69) is 24.7 Å². The largest absolute Gasteiger partial charge is 0.534 e. The van der Waals surface area contributed by atoms with Crippen molar-refractivity contribution in [2.24, 2.45) is 0 Å². The number of nitro groups is 1. The number of hydrogen-bond donors (Lipinski definition) is 0. The first-order chi connectivity index (χ1) is 11.1. The monoisotopic (exact) mass is 364 g/mol. The fourth-order valence-corrected chi connectivity index (χ4v) is 2.34. The van der Waals surface area contributed by atoms with Gasteiger partial charge in [0.1, 0.15) is 0 Å². The lowest BCUT2D eigenvalue weighted by molar-refractivity contribution is -0.384. The molecule has 3 aromatic rings. The van der Waals surface area contributed by atoms with E-state index in [4.69, 9.17) is 0 Å². The van der Waals surface area contributed by atoms with Crippen molar-refractivity contribution in [1.29, 1.82) is 0 Å². The highest BCUT2D eigenvalue weighted by Gasteiger charge is 2.50. The zero-order valence-electron chi connectivity index (χ0n) is 11.0. The maximum absolute atomic E-state index is 12.6. The quantitative estimate of drug-likeness (QED) is 0.285. The van der Waals surface area contributed by atoms with Gasteiger partial charge in [-0.2, -0.15) is 26.1 Å². The Morgan fingerprint density at radius 2 is 2.00 bits per heavy atom. The van der Waals surface area contributed by atoms with E-state index in [9.17, 15) is 31.7 Å². The van der Waals surface area contributed by atoms with Crippen LogP contribution in [0.1, 0.15) is 0 Å². The lowest BCUT2D eigenvalue weighted by Crippen LogP contribution is -2.28. The van der Waals surface area contributed by atoms with Crippen LogP contribution in [0, 0.1) is 10.1 Å². The predicted molar refractivity (Wildman–Crippen MR) is 68.3 cm³/mol. The summed E-state index contributed by atoms with van der Waals surface area (Å²) in [4.78, 5) is 13.9. The number of hydrogen-bond acceptors (Lipinski definition) is 9. The van der Waals surface area contributed by atoms with E-state index >= 15 is 0 Å². The van der Waals surface area contributed by atoms with E-state index in [-0.39, 0.29) is 5.65 Å². The number of alkyl halides is 3. The summed E-state index contributed by atoms with van der Waals surface area (Å²) < 4.78 is 65.0. The zero-order valence-corrected chi connectivity index (χ0v) is 11.8. The summed E-state index contributed by atoms with van der Waals surface area (Å²) in [7, 11) is -6.16. The van der Waals surface area contributed by atoms with Gasteiger partial charge in [0.05, 0.1) is 10.3 Å². The molecule has 0 aromatic carbocycles. The van der Waals surface area contributed by atoms with Gasteiger partial charge in [-0.1, -0.05) is 0 Å². The van der Waals surface area contributed by atoms with Crippen LogP contribution in [0.25, 0.3) is 16.7 Å². The van der Waals surface area contributed by atoms with Crippen molar-refractivity contribution in [3.8, 4) is 5.75 Å². The molecule has 126 valence electrons. The molecule has 0 amide bonds. The topological polar surface area (TPSA) is 142 Å². The molecule has 0 saturated heterocycles. The second kappa shape index (κ2) is 4.95. The summed E-state index contributed by atoms with van der Waals surface area (Å²) in [5.41, 5.74) is -7.78. The van der Waals surface area contributed by atoms with Crippen LogP contribution in [0.15, 0.2) is 18.3 Å². The number of pyridine rings is 2. The third-order valence-electron chi connectivity index (χ3n) is 2.79. The van der Waals surface area contributed by atoms with Crippen LogP contribution in [-0.2, 0) is 10.1 Å². The van der Waals surface area contributed by atoms with E-state index in [0.29, 0.717) is 0 Å². The standard InChI is InChI=1S/C9H3F3N6O5S/c10-9(11,12)24(21,22)23-6-4-2-1-3-13-7(4)17-8(14-15-16-17)5(6)18(19)20/h1-3H. The molecule has 0 bridgehead atoms. The second-order valence-electron chi connectivity index (χ2n) is 4.21. The molecular formula is C9H3F3N6O5S. The maximum Gasteiger partial charge on any atom is 0.534 e. The molecule has 11 nitrogen and oxygen atoms in total. The van der Waals surface area contributed by atoms with E-state index in [1.807, 2.05) is 0 Å². The average molecular weight is 364 g/mol. The fraction of sp³-hybridized carbons (Fsp3) is 0.111. The number of rotatable bonds is 3. The first-order valence-electron chi connectivity index (χ1n) is 5.77. The van der Waals surface area contributed by atoms with Crippen molar-refractivity contribution < 1.29 is 30.7 Å². The smallest absolute Gasteiger partial charge is 0.368 e. The van der Waals surface area contributed by atoms with Gasteiger partial charge in [-0.3, -0.25) is 10.1 Å². The normalized spacial score (nSPS) is 12.6. The van der Waals surface area contributed by atoms with Gasteiger partial charge in [0.2, 0.25) is 5.75 Å². The molecule has 0 fully saturated rings. The van der Waals surface area contributed by atoms with Crippen LogP contribution in [0.4, 0.5) is 18.9 Å². The number of tetrazole rings is 1. The zero-order chi connectivity index (χ0) is 17.7. The first-order valence-corrected chi connectivity index (χ1v) is 7.18. The Morgan fingerprint density at radius 1 is 1.29 bits per heavy atom. The van der Waals surface area contributed by atoms with Crippen LogP contribution in [0.2, 0.25) is 0 Å².